The van der Waals surface area contributed by atoms with E-state index in [1.807, 2.05) is 12.1 Å². The summed E-state index contributed by atoms with van der Waals surface area (Å²) in [4.78, 5) is 2.41. The highest BCUT2D eigenvalue weighted by atomic mass is 16.3. The Balaban J connectivity index is 1.26. The smallest absolute Gasteiger partial charge is 0.136 e. The summed E-state index contributed by atoms with van der Waals surface area (Å²) in [6.45, 7) is 0. The van der Waals surface area contributed by atoms with Crippen molar-refractivity contribution in [3.63, 3.8) is 0 Å². The topological polar surface area (TPSA) is 16.4 Å². The number of anilines is 3. The zero-order chi connectivity index (χ0) is 31.9. The molecule has 0 bridgehead atoms. The highest BCUT2D eigenvalue weighted by Gasteiger charge is 2.22. The number of para-hydroxylation sites is 3. The van der Waals surface area contributed by atoms with E-state index < -0.39 is 0 Å². The zero-order valence-electron chi connectivity index (χ0n) is 26.3. The van der Waals surface area contributed by atoms with Crippen molar-refractivity contribution in [3.05, 3.63) is 188 Å². The molecule has 9 rings (SSSR count). The van der Waals surface area contributed by atoms with Gasteiger partial charge in [0.2, 0.25) is 0 Å². The number of nitrogens with zero attached hydrogens (tertiary/aromatic N) is 1. The summed E-state index contributed by atoms with van der Waals surface area (Å²) >= 11 is 0. The Kier molecular flexibility index (Phi) is 6.84. The Bertz CT molecular complexity index is 2560. The lowest BCUT2D eigenvalue weighted by molar-refractivity contribution is 0.669. The quantitative estimate of drug-likeness (QED) is 0.185. The van der Waals surface area contributed by atoms with Gasteiger partial charge in [-0.15, -0.1) is 0 Å². The van der Waals surface area contributed by atoms with E-state index in [0.717, 1.165) is 50.1 Å². The van der Waals surface area contributed by atoms with Crippen LogP contribution in [0.3, 0.4) is 0 Å². The first-order valence-electron chi connectivity index (χ1n) is 16.4. The van der Waals surface area contributed by atoms with Gasteiger partial charge in [0.15, 0.2) is 0 Å². The minimum absolute atomic E-state index is 0.888. The van der Waals surface area contributed by atoms with Gasteiger partial charge in [0.25, 0.3) is 0 Å². The minimum Gasteiger partial charge on any atom is -0.456 e. The van der Waals surface area contributed by atoms with Gasteiger partial charge in [0, 0.05) is 27.6 Å². The van der Waals surface area contributed by atoms with Crippen LogP contribution in [-0.2, 0) is 0 Å². The maximum Gasteiger partial charge on any atom is 0.136 e. The molecular formula is C46H31NO. The monoisotopic (exact) mass is 613 g/mol. The van der Waals surface area contributed by atoms with Crippen molar-refractivity contribution in [3.8, 4) is 33.4 Å². The molecule has 0 radical (unpaired) electrons. The van der Waals surface area contributed by atoms with E-state index in [1.165, 1.54) is 33.0 Å². The van der Waals surface area contributed by atoms with Gasteiger partial charge < -0.3 is 9.32 Å². The van der Waals surface area contributed by atoms with Gasteiger partial charge >= 0.3 is 0 Å². The van der Waals surface area contributed by atoms with E-state index in [9.17, 15) is 0 Å². The molecule has 0 saturated heterocycles. The fourth-order valence-corrected chi connectivity index (χ4v) is 7.01. The average Bonchev–Trinajstić information content (AvgIpc) is 3.55. The maximum absolute atomic E-state index is 6.33. The average molecular weight is 614 g/mol. The first-order chi connectivity index (χ1) is 23.8. The van der Waals surface area contributed by atoms with Crippen LogP contribution in [0.25, 0.3) is 66.1 Å². The standard InChI is InChI=1S/C46H31NO/c1-2-14-34(15-3-1)38-17-6-9-21-42(38)47(37-29-27-33(28-30-37)36-26-25-32-13-4-5-16-35(32)31-36)43-22-10-7-18-39(43)40-20-12-24-45-46(40)41-19-8-11-23-44(41)48-45/h1-31H. The highest BCUT2D eigenvalue weighted by Crippen LogP contribution is 2.47. The molecule has 0 N–H and O–H groups in total. The van der Waals surface area contributed by atoms with Crippen LogP contribution in [0.1, 0.15) is 0 Å². The number of rotatable bonds is 6. The third-order valence-corrected chi connectivity index (χ3v) is 9.28. The van der Waals surface area contributed by atoms with Gasteiger partial charge in [-0.1, -0.05) is 146 Å². The van der Waals surface area contributed by atoms with Crippen molar-refractivity contribution in [1.29, 1.82) is 0 Å². The first-order valence-corrected chi connectivity index (χ1v) is 16.4. The Morgan fingerprint density at radius 1 is 0.354 bits per heavy atom. The molecule has 0 unspecified atom stereocenters. The highest BCUT2D eigenvalue weighted by molar-refractivity contribution is 6.14. The zero-order valence-corrected chi connectivity index (χ0v) is 26.3. The van der Waals surface area contributed by atoms with Gasteiger partial charge in [-0.3, -0.25) is 0 Å². The summed E-state index contributed by atoms with van der Waals surface area (Å²) in [6.07, 6.45) is 0. The predicted octanol–water partition coefficient (Wildman–Crippen LogP) is 13.2. The molecule has 0 aliphatic heterocycles. The SMILES string of the molecule is c1ccc(-c2ccccc2N(c2ccc(-c3ccc4ccccc4c3)cc2)c2ccccc2-c2cccc3oc4ccccc4c23)cc1. The van der Waals surface area contributed by atoms with Crippen LogP contribution in [0.4, 0.5) is 17.1 Å². The normalized spacial score (nSPS) is 11.3. The molecule has 0 fully saturated rings. The van der Waals surface area contributed by atoms with E-state index in [0.29, 0.717) is 0 Å². The van der Waals surface area contributed by atoms with Crippen LogP contribution in [0.15, 0.2) is 192 Å². The molecule has 0 aliphatic rings. The van der Waals surface area contributed by atoms with Crippen molar-refractivity contribution < 1.29 is 4.42 Å². The Labute approximate surface area is 279 Å². The molecule has 9 aromatic rings. The molecule has 0 spiro atoms. The van der Waals surface area contributed by atoms with E-state index in [-0.39, 0.29) is 0 Å². The van der Waals surface area contributed by atoms with E-state index in [2.05, 4.69) is 181 Å². The maximum atomic E-state index is 6.33. The van der Waals surface area contributed by atoms with Gasteiger partial charge in [0.1, 0.15) is 11.2 Å². The fraction of sp³-hybridized carbons (Fsp3) is 0. The van der Waals surface area contributed by atoms with Gasteiger partial charge in [0.05, 0.1) is 11.4 Å². The number of hydrogen-bond donors (Lipinski definition) is 0. The lowest BCUT2D eigenvalue weighted by Crippen LogP contribution is -2.12. The van der Waals surface area contributed by atoms with E-state index in [4.69, 9.17) is 4.42 Å². The second kappa shape index (κ2) is 11.8. The Morgan fingerprint density at radius 2 is 0.958 bits per heavy atom. The number of benzene rings is 8. The molecule has 48 heavy (non-hydrogen) atoms. The molecule has 0 amide bonds. The second-order valence-electron chi connectivity index (χ2n) is 12.1. The summed E-state index contributed by atoms with van der Waals surface area (Å²) in [5.74, 6) is 0. The molecule has 2 nitrogen and oxygen atoms in total. The fourth-order valence-electron chi connectivity index (χ4n) is 7.01. The molecule has 226 valence electrons. The lowest BCUT2D eigenvalue weighted by Gasteiger charge is -2.30. The molecule has 1 aromatic heterocycles. The summed E-state index contributed by atoms with van der Waals surface area (Å²) in [5, 5.41) is 4.74. The van der Waals surface area contributed by atoms with Crippen molar-refractivity contribution in [1.82, 2.24) is 0 Å². The Morgan fingerprint density at radius 3 is 1.79 bits per heavy atom. The summed E-state index contributed by atoms with van der Waals surface area (Å²) in [6, 6.07) is 67.0. The predicted molar refractivity (Wildman–Crippen MR) is 202 cm³/mol. The number of fused-ring (bicyclic) bond motifs is 4. The molecule has 8 aromatic carbocycles. The van der Waals surface area contributed by atoms with Crippen LogP contribution in [-0.4, -0.2) is 0 Å². The third-order valence-electron chi connectivity index (χ3n) is 9.28. The molecule has 0 saturated carbocycles. The summed E-state index contributed by atoms with van der Waals surface area (Å²) in [7, 11) is 0. The van der Waals surface area contributed by atoms with Gasteiger partial charge in [-0.25, -0.2) is 0 Å². The second-order valence-corrected chi connectivity index (χ2v) is 12.1. The number of furan rings is 1. The summed E-state index contributed by atoms with van der Waals surface area (Å²) in [5.41, 5.74) is 12.1. The van der Waals surface area contributed by atoms with Crippen molar-refractivity contribution in [2.75, 3.05) is 4.90 Å². The molecule has 1 heterocycles. The van der Waals surface area contributed by atoms with Gasteiger partial charge in [-0.2, -0.15) is 0 Å². The molecule has 0 aliphatic carbocycles. The third kappa shape index (κ3) is 4.83. The number of hydrogen-bond acceptors (Lipinski definition) is 2. The van der Waals surface area contributed by atoms with Gasteiger partial charge in [-0.05, 0) is 75.5 Å². The van der Waals surface area contributed by atoms with E-state index >= 15 is 0 Å². The van der Waals surface area contributed by atoms with Crippen molar-refractivity contribution >= 4 is 49.8 Å². The van der Waals surface area contributed by atoms with Crippen LogP contribution in [0.5, 0.6) is 0 Å². The van der Waals surface area contributed by atoms with Crippen molar-refractivity contribution in [2.45, 2.75) is 0 Å². The molecular weight excluding hydrogens is 583 g/mol. The van der Waals surface area contributed by atoms with Crippen molar-refractivity contribution in [2.24, 2.45) is 0 Å². The first kappa shape index (κ1) is 27.9. The minimum atomic E-state index is 0.888. The molecule has 2 heteroatoms. The summed E-state index contributed by atoms with van der Waals surface area (Å²) < 4.78 is 6.33. The van der Waals surface area contributed by atoms with Crippen LogP contribution < -0.4 is 4.90 Å². The molecule has 0 atom stereocenters. The lowest BCUT2D eigenvalue weighted by atomic mass is 9.95. The largest absolute Gasteiger partial charge is 0.456 e. The van der Waals surface area contributed by atoms with Crippen LogP contribution in [0.2, 0.25) is 0 Å². The van der Waals surface area contributed by atoms with E-state index in [1.54, 1.807) is 0 Å². The van der Waals surface area contributed by atoms with Crippen LogP contribution >= 0.6 is 0 Å². The Hall–Kier alpha value is -6.38. The van der Waals surface area contributed by atoms with Crippen LogP contribution in [0, 0.1) is 0 Å².